The number of benzene rings is 1. The largest absolute Gasteiger partial charge is 0.424 e. The molecule has 0 bridgehead atoms. The maximum absolute atomic E-state index is 12.9. The van der Waals surface area contributed by atoms with E-state index >= 15 is 0 Å². The Morgan fingerprint density at radius 1 is 1.20 bits per heavy atom. The molecule has 1 aromatic heterocycles. The lowest BCUT2D eigenvalue weighted by Gasteiger charge is -2.11. The van der Waals surface area contributed by atoms with Crippen LogP contribution in [0, 0.1) is 13.7 Å². The number of rotatable bonds is 1. The van der Waals surface area contributed by atoms with Gasteiger partial charge in [0.2, 0.25) is 0 Å². The fourth-order valence-corrected chi connectivity index (χ4v) is 2.54. The Labute approximate surface area is 120 Å². The van der Waals surface area contributed by atoms with Crippen LogP contribution in [-0.4, -0.2) is 14.9 Å². The van der Waals surface area contributed by atoms with Gasteiger partial charge in [0.15, 0.2) is 0 Å². The zero-order chi connectivity index (χ0) is 15.2. The quantitative estimate of drug-likeness (QED) is 0.329. The second-order valence-electron chi connectivity index (χ2n) is 3.67. The third-order valence-electron chi connectivity index (χ3n) is 2.41. The molecule has 11 heteroatoms. The Bertz CT molecular complexity index is 839. The molecule has 2 rings (SSSR count). The lowest BCUT2D eigenvalue weighted by Crippen LogP contribution is -2.29. The monoisotopic (exact) mass is 401 g/mol. The van der Waals surface area contributed by atoms with E-state index in [0.29, 0.717) is 0 Å². The van der Waals surface area contributed by atoms with Crippen molar-refractivity contribution in [1.29, 1.82) is 0 Å². The first-order valence-electron chi connectivity index (χ1n) is 4.83. The first kappa shape index (κ1) is 14.5. The van der Waals surface area contributed by atoms with Crippen LogP contribution in [0.15, 0.2) is 15.7 Å². The van der Waals surface area contributed by atoms with Crippen LogP contribution in [-0.2, 0) is 6.18 Å². The molecule has 0 spiro atoms. The summed E-state index contributed by atoms with van der Waals surface area (Å²) in [6.45, 7) is 0. The standard InChI is InChI=1S/C9H3F3IN3O4/c10-9(11,12)4-2(13)1-3-5(6(4)16(19)20)15-8(18)7(17)14-3/h1H,(H,14,17)(H,15,18). The Morgan fingerprint density at radius 3 is 2.25 bits per heavy atom. The van der Waals surface area contributed by atoms with Gasteiger partial charge in [-0.25, -0.2) is 0 Å². The van der Waals surface area contributed by atoms with Crippen molar-refractivity contribution in [1.82, 2.24) is 9.97 Å². The molecule has 0 unspecified atom stereocenters. The highest BCUT2D eigenvalue weighted by Crippen LogP contribution is 2.41. The zero-order valence-corrected chi connectivity index (χ0v) is 11.3. The second-order valence-corrected chi connectivity index (χ2v) is 4.83. The third kappa shape index (κ3) is 2.28. The lowest BCUT2D eigenvalue weighted by molar-refractivity contribution is -0.386. The minimum Gasteiger partial charge on any atom is -0.316 e. The number of H-pyrrole nitrogens is 2. The molecule has 0 aliphatic heterocycles. The van der Waals surface area contributed by atoms with Crippen LogP contribution >= 0.6 is 22.6 Å². The van der Waals surface area contributed by atoms with E-state index in [9.17, 15) is 32.9 Å². The van der Waals surface area contributed by atoms with Crippen LogP contribution in [0.1, 0.15) is 5.56 Å². The van der Waals surface area contributed by atoms with Gasteiger partial charge in [-0.05, 0) is 28.7 Å². The van der Waals surface area contributed by atoms with Crippen molar-refractivity contribution < 1.29 is 18.1 Å². The number of nitro benzene ring substituents is 1. The molecule has 0 fully saturated rings. The molecule has 20 heavy (non-hydrogen) atoms. The van der Waals surface area contributed by atoms with Crippen molar-refractivity contribution in [2.24, 2.45) is 0 Å². The van der Waals surface area contributed by atoms with Gasteiger partial charge in [-0.3, -0.25) is 19.7 Å². The van der Waals surface area contributed by atoms with Gasteiger partial charge in [0.1, 0.15) is 11.1 Å². The normalized spacial score (nSPS) is 11.8. The van der Waals surface area contributed by atoms with Crippen LogP contribution in [0.3, 0.4) is 0 Å². The minimum atomic E-state index is -4.97. The highest BCUT2D eigenvalue weighted by atomic mass is 127. The SMILES string of the molecule is O=c1[nH]c2cc(I)c(C(F)(F)F)c([N+](=O)[O-])c2[nH]c1=O. The molecular formula is C9H3F3IN3O4. The van der Waals surface area contributed by atoms with Crippen molar-refractivity contribution in [3.05, 3.63) is 46.0 Å². The summed E-state index contributed by atoms with van der Waals surface area (Å²) in [6, 6.07) is 0.906. The number of alkyl halides is 3. The van der Waals surface area contributed by atoms with Crippen molar-refractivity contribution >= 4 is 39.3 Å². The van der Waals surface area contributed by atoms with Gasteiger partial charge in [0.25, 0.3) is 0 Å². The molecular weight excluding hydrogens is 398 g/mol. The molecule has 2 N–H and O–H groups in total. The number of fused-ring (bicyclic) bond motifs is 1. The van der Waals surface area contributed by atoms with E-state index in [4.69, 9.17) is 0 Å². The number of aromatic nitrogens is 2. The minimum absolute atomic E-state index is 0.251. The first-order chi connectivity index (χ1) is 9.12. The summed E-state index contributed by atoms with van der Waals surface area (Å²) in [7, 11) is 0. The maximum atomic E-state index is 12.9. The molecule has 1 aromatic carbocycles. The van der Waals surface area contributed by atoms with Crippen molar-refractivity contribution in [3.8, 4) is 0 Å². The summed E-state index contributed by atoms with van der Waals surface area (Å²) in [6.07, 6.45) is -4.97. The number of nitro groups is 1. The van der Waals surface area contributed by atoms with Crippen LogP contribution in [0.25, 0.3) is 11.0 Å². The van der Waals surface area contributed by atoms with E-state index in [2.05, 4.69) is 0 Å². The fraction of sp³-hybridized carbons (Fsp3) is 0.111. The Morgan fingerprint density at radius 2 is 1.75 bits per heavy atom. The molecule has 0 saturated carbocycles. The molecule has 1 heterocycles. The van der Waals surface area contributed by atoms with Crippen LogP contribution in [0.4, 0.5) is 18.9 Å². The molecule has 0 aliphatic rings. The third-order valence-corrected chi connectivity index (χ3v) is 3.26. The summed E-state index contributed by atoms with van der Waals surface area (Å²) in [5, 5.41) is 10.9. The van der Waals surface area contributed by atoms with Crippen LogP contribution < -0.4 is 11.1 Å². The number of nitrogens with zero attached hydrogens (tertiary/aromatic N) is 1. The van der Waals surface area contributed by atoms with Gasteiger partial charge in [0.05, 0.1) is 10.4 Å². The van der Waals surface area contributed by atoms with E-state index in [-0.39, 0.29) is 5.52 Å². The average molecular weight is 401 g/mol. The van der Waals surface area contributed by atoms with Gasteiger partial charge in [-0.15, -0.1) is 0 Å². The number of nitrogens with one attached hydrogen (secondary N) is 2. The number of halogens is 4. The maximum Gasteiger partial charge on any atom is 0.424 e. The van der Waals surface area contributed by atoms with Gasteiger partial charge in [-0.2, -0.15) is 13.2 Å². The van der Waals surface area contributed by atoms with Crippen LogP contribution in [0.2, 0.25) is 0 Å². The van der Waals surface area contributed by atoms with Crippen molar-refractivity contribution in [2.75, 3.05) is 0 Å². The van der Waals surface area contributed by atoms with E-state index in [1.54, 1.807) is 4.98 Å². The van der Waals surface area contributed by atoms with Crippen molar-refractivity contribution in [3.63, 3.8) is 0 Å². The summed E-state index contributed by atoms with van der Waals surface area (Å²) in [5.41, 5.74) is -6.07. The summed E-state index contributed by atoms with van der Waals surface area (Å²) < 4.78 is 38.3. The van der Waals surface area contributed by atoms with E-state index in [1.165, 1.54) is 22.6 Å². The summed E-state index contributed by atoms with van der Waals surface area (Å²) in [5.74, 6) is 0. The van der Waals surface area contributed by atoms with E-state index in [0.717, 1.165) is 6.07 Å². The van der Waals surface area contributed by atoms with Gasteiger partial charge >= 0.3 is 23.0 Å². The average Bonchev–Trinajstić information content (AvgIpc) is 2.28. The van der Waals surface area contributed by atoms with Crippen molar-refractivity contribution in [2.45, 2.75) is 6.18 Å². The topological polar surface area (TPSA) is 109 Å². The molecule has 106 valence electrons. The number of hydrogen-bond acceptors (Lipinski definition) is 4. The number of hydrogen-bond donors (Lipinski definition) is 2. The molecule has 0 saturated heterocycles. The smallest absolute Gasteiger partial charge is 0.316 e. The summed E-state index contributed by atoms with van der Waals surface area (Å²) >= 11 is 1.27. The van der Waals surface area contributed by atoms with Gasteiger partial charge in [0, 0.05) is 3.57 Å². The molecule has 0 atom stereocenters. The zero-order valence-electron chi connectivity index (χ0n) is 9.17. The van der Waals surface area contributed by atoms with Gasteiger partial charge in [-0.1, -0.05) is 0 Å². The molecule has 7 nitrogen and oxygen atoms in total. The van der Waals surface area contributed by atoms with E-state index < -0.39 is 42.6 Å². The Hall–Kier alpha value is -1.92. The highest BCUT2D eigenvalue weighted by molar-refractivity contribution is 14.1. The molecule has 0 aliphatic carbocycles. The predicted octanol–water partition coefficient (Wildman–Crippen LogP) is 1.75. The Kier molecular flexibility index (Phi) is 3.31. The van der Waals surface area contributed by atoms with Crippen LogP contribution in [0.5, 0.6) is 0 Å². The van der Waals surface area contributed by atoms with Gasteiger partial charge < -0.3 is 9.97 Å². The number of aromatic amines is 2. The summed E-state index contributed by atoms with van der Waals surface area (Å²) in [4.78, 5) is 35.7. The Balaban J connectivity index is 3.10. The second kappa shape index (κ2) is 4.57. The molecule has 0 radical (unpaired) electrons. The van der Waals surface area contributed by atoms with E-state index in [1.807, 2.05) is 4.98 Å². The highest BCUT2D eigenvalue weighted by Gasteiger charge is 2.42. The lowest BCUT2D eigenvalue weighted by atomic mass is 10.1. The first-order valence-corrected chi connectivity index (χ1v) is 5.91. The predicted molar refractivity (Wildman–Crippen MR) is 69.6 cm³/mol. The molecule has 0 amide bonds. The molecule has 2 aromatic rings. The fourth-order valence-electron chi connectivity index (χ4n) is 1.66.